The van der Waals surface area contributed by atoms with Gasteiger partial charge in [-0.25, -0.2) is 0 Å². The molecule has 22 heavy (non-hydrogen) atoms. The Hall–Kier alpha value is -2.34. The zero-order valence-electron chi connectivity index (χ0n) is 12.9. The highest BCUT2D eigenvalue weighted by Crippen LogP contribution is 2.15. The van der Waals surface area contributed by atoms with Crippen LogP contribution in [0.1, 0.15) is 24.2 Å². The molecule has 0 spiro atoms. The van der Waals surface area contributed by atoms with Gasteiger partial charge in [0, 0.05) is 13.1 Å². The molecule has 6 nitrogen and oxygen atoms in total. The Morgan fingerprint density at radius 3 is 2.64 bits per heavy atom. The van der Waals surface area contributed by atoms with Crippen LogP contribution in [0, 0.1) is 0 Å². The summed E-state index contributed by atoms with van der Waals surface area (Å²) in [7, 11) is 0. The Kier molecular flexibility index (Phi) is 5.55. The summed E-state index contributed by atoms with van der Waals surface area (Å²) >= 11 is 0. The van der Waals surface area contributed by atoms with Gasteiger partial charge in [-0.2, -0.15) is 0 Å². The van der Waals surface area contributed by atoms with E-state index < -0.39 is 5.56 Å². The van der Waals surface area contributed by atoms with E-state index in [-0.39, 0.29) is 11.5 Å². The van der Waals surface area contributed by atoms with Crippen molar-refractivity contribution in [3.63, 3.8) is 0 Å². The number of aromatic amines is 1. The third-order valence-electron chi connectivity index (χ3n) is 3.55. The number of nitrogens with zero attached hydrogens (tertiary/aromatic N) is 1. The van der Waals surface area contributed by atoms with Gasteiger partial charge < -0.3 is 19.6 Å². The smallest absolute Gasteiger partial charge is 0.261 e. The Bertz CT molecular complexity index is 658. The summed E-state index contributed by atoms with van der Waals surface area (Å²) in [5.41, 5.74) is 0.235. The maximum Gasteiger partial charge on any atom is 0.261 e. The first-order valence-electron chi connectivity index (χ1n) is 7.43. The van der Waals surface area contributed by atoms with E-state index >= 15 is 0 Å². The molecule has 0 aromatic carbocycles. The summed E-state index contributed by atoms with van der Waals surface area (Å²) in [4.78, 5) is 28.9. The maximum atomic E-state index is 12.0. The summed E-state index contributed by atoms with van der Waals surface area (Å²) in [5.74, 6) is 0.199. The standard InChI is InChI=1S/C16H21N3O3/c1-3-19(4-2)10-9-17-15(20)12-7-8-13(18-16(12)21)14-6-5-11-22-14/h5-8,11H,3-4,9-10H2,1-2H3,(H,17,20)(H,18,21). The predicted molar refractivity (Wildman–Crippen MR) is 84.9 cm³/mol. The van der Waals surface area contributed by atoms with Gasteiger partial charge in [0.25, 0.3) is 11.5 Å². The molecule has 0 fully saturated rings. The number of carbonyl (C=O) groups excluding carboxylic acids is 1. The molecule has 2 heterocycles. The first kappa shape index (κ1) is 16.0. The number of rotatable bonds is 7. The second-order valence-corrected chi connectivity index (χ2v) is 4.87. The lowest BCUT2D eigenvalue weighted by atomic mass is 10.2. The third kappa shape index (κ3) is 3.85. The minimum Gasteiger partial charge on any atom is -0.463 e. The minimum atomic E-state index is -0.422. The molecule has 0 unspecified atom stereocenters. The van der Waals surface area contributed by atoms with E-state index in [0.717, 1.165) is 19.6 Å². The quantitative estimate of drug-likeness (QED) is 0.816. The van der Waals surface area contributed by atoms with Crippen molar-refractivity contribution in [1.82, 2.24) is 15.2 Å². The van der Waals surface area contributed by atoms with Crippen LogP contribution in [-0.2, 0) is 0 Å². The second-order valence-electron chi connectivity index (χ2n) is 4.87. The zero-order chi connectivity index (χ0) is 15.9. The highest BCUT2D eigenvalue weighted by molar-refractivity contribution is 5.94. The van der Waals surface area contributed by atoms with Crippen LogP contribution in [0.25, 0.3) is 11.5 Å². The highest BCUT2D eigenvalue weighted by Gasteiger charge is 2.12. The highest BCUT2D eigenvalue weighted by atomic mass is 16.3. The lowest BCUT2D eigenvalue weighted by Gasteiger charge is -2.17. The van der Waals surface area contributed by atoms with Gasteiger partial charge in [-0.3, -0.25) is 9.59 Å². The van der Waals surface area contributed by atoms with E-state index in [9.17, 15) is 9.59 Å². The molecule has 2 N–H and O–H groups in total. The van der Waals surface area contributed by atoms with Crippen molar-refractivity contribution < 1.29 is 9.21 Å². The summed E-state index contributed by atoms with van der Waals surface area (Å²) < 4.78 is 5.21. The lowest BCUT2D eigenvalue weighted by molar-refractivity contribution is 0.0947. The Balaban J connectivity index is 2.00. The molecule has 0 aliphatic carbocycles. The molecule has 0 aliphatic heterocycles. The van der Waals surface area contributed by atoms with Gasteiger partial charge in [0.1, 0.15) is 11.3 Å². The summed E-state index contributed by atoms with van der Waals surface area (Å²) in [6.07, 6.45) is 1.53. The van der Waals surface area contributed by atoms with Crippen LogP contribution in [0.3, 0.4) is 0 Å². The molecular formula is C16H21N3O3. The van der Waals surface area contributed by atoms with E-state index in [1.54, 1.807) is 18.2 Å². The topological polar surface area (TPSA) is 78.3 Å². The number of nitrogens with one attached hydrogen (secondary N) is 2. The number of furan rings is 1. The van der Waals surface area contributed by atoms with Crippen LogP contribution in [0.15, 0.2) is 39.7 Å². The molecule has 0 saturated heterocycles. The van der Waals surface area contributed by atoms with Crippen LogP contribution < -0.4 is 10.9 Å². The van der Waals surface area contributed by atoms with E-state index in [1.807, 2.05) is 0 Å². The van der Waals surface area contributed by atoms with E-state index in [0.29, 0.717) is 18.0 Å². The van der Waals surface area contributed by atoms with E-state index in [4.69, 9.17) is 4.42 Å². The third-order valence-corrected chi connectivity index (χ3v) is 3.55. The Labute approximate surface area is 129 Å². The summed E-state index contributed by atoms with van der Waals surface area (Å²) in [6, 6.07) is 6.67. The van der Waals surface area contributed by atoms with Crippen molar-refractivity contribution in [2.24, 2.45) is 0 Å². The van der Waals surface area contributed by atoms with Crippen LogP contribution in [-0.4, -0.2) is 42.0 Å². The fourth-order valence-electron chi connectivity index (χ4n) is 2.19. The molecule has 2 aromatic heterocycles. The van der Waals surface area contributed by atoms with Crippen molar-refractivity contribution in [3.05, 3.63) is 46.4 Å². The molecule has 2 rings (SSSR count). The Morgan fingerprint density at radius 2 is 2.05 bits per heavy atom. The normalized spacial score (nSPS) is 10.9. The van der Waals surface area contributed by atoms with Crippen LogP contribution in [0.2, 0.25) is 0 Å². The van der Waals surface area contributed by atoms with Gasteiger partial charge in [-0.1, -0.05) is 13.8 Å². The molecule has 118 valence electrons. The first-order valence-corrected chi connectivity index (χ1v) is 7.43. The predicted octanol–water partition coefficient (Wildman–Crippen LogP) is 1.71. The summed E-state index contributed by atoms with van der Waals surface area (Å²) in [6.45, 7) is 7.30. The molecule has 0 bridgehead atoms. The number of hydrogen-bond donors (Lipinski definition) is 2. The SMILES string of the molecule is CCN(CC)CCNC(=O)c1ccc(-c2ccco2)[nH]c1=O. The fourth-order valence-corrected chi connectivity index (χ4v) is 2.19. The first-order chi connectivity index (χ1) is 10.7. The molecule has 2 aromatic rings. The van der Waals surface area contributed by atoms with E-state index in [1.165, 1.54) is 12.3 Å². The number of likely N-dealkylation sites (N-methyl/N-ethyl adjacent to an activating group) is 1. The molecular weight excluding hydrogens is 282 g/mol. The van der Waals surface area contributed by atoms with Gasteiger partial charge in [0.15, 0.2) is 0 Å². The Morgan fingerprint density at radius 1 is 1.27 bits per heavy atom. The van der Waals surface area contributed by atoms with Crippen molar-refractivity contribution >= 4 is 5.91 Å². The molecule has 0 saturated carbocycles. The molecule has 6 heteroatoms. The lowest BCUT2D eigenvalue weighted by Crippen LogP contribution is -2.36. The largest absolute Gasteiger partial charge is 0.463 e. The monoisotopic (exact) mass is 303 g/mol. The van der Waals surface area contributed by atoms with Gasteiger partial charge in [0.05, 0.1) is 12.0 Å². The van der Waals surface area contributed by atoms with Gasteiger partial charge in [0.2, 0.25) is 0 Å². The van der Waals surface area contributed by atoms with Crippen molar-refractivity contribution in [1.29, 1.82) is 0 Å². The summed E-state index contributed by atoms with van der Waals surface area (Å²) in [5, 5.41) is 2.77. The van der Waals surface area contributed by atoms with Gasteiger partial charge in [-0.15, -0.1) is 0 Å². The number of amides is 1. The molecule has 1 amide bonds. The van der Waals surface area contributed by atoms with Crippen LogP contribution >= 0.6 is 0 Å². The van der Waals surface area contributed by atoms with Crippen molar-refractivity contribution in [3.8, 4) is 11.5 Å². The van der Waals surface area contributed by atoms with E-state index in [2.05, 4.69) is 29.0 Å². The average molecular weight is 303 g/mol. The number of H-pyrrole nitrogens is 1. The fraction of sp³-hybridized carbons (Fsp3) is 0.375. The number of hydrogen-bond acceptors (Lipinski definition) is 4. The zero-order valence-corrected chi connectivity index (χ0v) is 12.9. The molecule has 0 atom stereocenters. The average Bonchev–Trinajstić information content (AvgIpc) is 3.05. The van der Waals surface area contributed by atoms with Crippen molar-refractivity contribution in [2.75, 3.05) is 26.2 Å². The van der Waals surface area contributed by atoms with Crippen LogP contribution in [0.5, 0.6) is 0 Å². The minimum absolute atomic E-state index is 0.106. The molecule has 0 radical (unpaired) electrons. The van der Waals surface area contributed by atoms with Crippen LogP contribution in [0.4, 0.5) is 0 Å². The maximum absolute atomic E-state index is 12.0. The number of aromatic nitrogens is 1. The van der Waals surface area contributed by atoms with Crippen molar-refractivity contribution in [2.45, 2.75) is 13.8 Å². The number of carbonyl (C=O) groups is 1. The molecule has 0 aliphatic rings. The number of pyridine rings is 1. The van der Waals surface area contributed by atoms with Gasteiger partial charge >= 0.3 is 0 Å². The van der Waals surface area contributed by atoms with Gasteiger partial charge in [-0.05, 0) is 37.4 Å². The second kappa shape index (κ2) is 7.61.